The van der Waals surface area contributed by atoms with Gasteiger partial charge in [0.2, 0.25) is 6.41 Å². The van der Waals surface area contributed by atoms with Gasteiger partial charge in [0.1, 0.15) is 11.4 Å². The fraction of sp³-hybridized carbons (Fsp3) is 0.467. The number of aliphatic hydroxyl groups excluding tert-OH is 1. The van der Waals surface area contributed by atoms with Gasteiger partial charge in [-0.1, -0.05) is 6.07 Å². The molecule has 1 aromatic rings. The Morgan fingerprint density at radius 1 is 1.45 bits per heavy atom. The van der Waals surface area contributed by atoms with Gasteiger partial charge >= 0.3 is 6.09 Å². The molecule has 0 aromatic heterocycles. The second kappa shape index (κ2) is 7.74. The molecule has 0 bridgehead atoms. The Morgan fingerprint density at radius 3 is 2.64 bits per heavy atom. The molecule has 2 amide bonds. The highest BCUT2D eigenvalue weighted by molar-refractivity contribution is 5.71. The molecule has 0 unspecified atom stereocenters. The number of nitrogens with one attached hydrogen (secondary N) is 2. The molecule has 0 aliphatic rings. The summed E-state index contributed by atoms with van der Waals surface area (Å²) in [5.74, 6) is -0.585. The van der Waals surface area contributed by atoms with Gasteiger partial charge in [0, 0.05) is 0 Å². The van der Waals surface area contributed by atoms with Crippen LogP contribution in [-0.2, 0) is 16.0 Å². The maximum atomic E-state index is 13.7. The predicted octanol–water partition coefficient (Wildman–Crippen LogP) is 1.82. The maximum absolute atomic E-state index is 13.7. The van der Waals surface area contributed by atoms with Gasteiger partial charge in [0.15, 0.2) is 0 Å². The minimum atomic E-state index is -0.647. The highest BCUT2D eigenvalue weighted by Crippen LogP contribution is 2.16. The first kappa shape index (κ1) is 17.9. The molecule has 0 radical (unpaired) electrons. The molecule has 122 valence electrons. The number of rotatable bonds is 6. The van der Waals surface area contributed by atoms with Crippen molar-refractivity contribution in [1.29, 1.82) is 0 Å². The van der Waals surface area contributed by atoms with E-state index >= 15 is 0 Å². The van der Waals surface area contributed by atoms with E-state index in [1.54, 1.807) is 26.8 Å². The molecule has 0 fully saturated rings. The number of hydrogen-bond donors (Lipinski definition) is 3. The van der Waals surface area contributed by atoms with Crippen LogP contribution in [0.4, 0.5) is 14.9 Å². The summed E-state index contributed by atoms with van der Waals surface area (Å²) in [4.78, 5) is 22.0. The van der Waals surface area contributed by atoms with Gasteiger partial charge < -0.3 is 20.5 Å². The van der Waals surface area contributed by atoms with Crippen molar-refractivity contribution in [3.8, 4) is 0 Å². The summed E-state index contributed by atoms with van der Waals surface area (Å²) in [5, 5.41) is 14.1. The molecule has 22 heavy (non-hydrogen) atoms. The highest BCUT2D eigenvalue weighted by Gasteiger charge is 2.19. The first-order chi connectivity index (χ1) is 10.2. The van der Waals surface area contributed by atoms with Crippen molar-refractivity contribution < 1.29 is 23.8 Å². The van der Waals surface area contributed by atoms with Gasteiger partial charge in [-0.3, -0.25) is 4.79 Å². The zero-order valence-electron chi connectivity index (χ0n) is 12.9. The summed E-state index contributed by atoms with van der Waals surface area (Å²) >= 11 is 0. The van der Waals surface area contributed by atoms with Gasteiger partial charge in [-0.05, 0) is 44.9 Å². The van der Waals surface area contributed by atoms with Crippen molar-refractivity contribution in [3.63, 3.8) is 0 Å². The molecule has 1 atom stereocenters. The Kier molecular flexibility index (Phi) is 6.30. The Morgan fingerprint density at radius 2 is 2.14 bits per heavy atom. The van der Waals surface area contributed by atoms with E-state index in [0.29, 0.717) is 12.0 Å². The molecular formula is C15H21FN2O4. The quantitative estimate of drug-likeness (QED) is 0.699. The second-order valence-electron chi connectivity index (χ2n) is 5.81. The number of aliphatic hydroxyl groups is 1. The number of anilines is 1. The number of amides is 2. The van der Waals surface area contributed by atoms with Crippen LogP contribution in [0.5, 0.6) is 0 Å². The van der Waals surface area contributed by atoms with Crippen LogP contribution in [0.15, 0.2) is 18.2 Å². The number of ether oxygens (including phenoxy) is 1. The van der Waals surface area contributed by atoms with Crippen LogP contribution in [-0.4, -0.2) is 35.9 Å². The second-order valence-corrected chi connectivity index (χ2v) is 5.81. The monoisotopic (exact) mass is 312 g/mol. The zero-order chi connectivity index (χ0) is 16.8. The average Bonchev–Trinajstić information content (AvgIpc) is 2.39. The van der Waals surface area contributed by atoms with Gasteiger partial charge in [-0.2, -0.15) is 0 Å². The molecule has 0 saturated heterocycles. The molecular weight excluding hydrogens is 291 g/mol. The first-order valence-corrected chi connectivity index (χ1v) is 6.84. The molecule has 0 aliphatic carbocycles. The van der Waals surface area contributed by atoms with Gasteiger partial charge in [-0.25, -0.2) is 9.18 Å². The van der Waals surface area contributed by atoms with Crippen LogP contribution in [0.2, 0.25) is 0 Å². The lowest BCUT2D eigenvalue weighted by Crippen LogP contribution is -2.42. The number of carbonyl (C=O) groups is 2. The fourth-order valence-electron chi connectivity index (χ4n) is 1.79. The van der Waals surface area contributed by atoms with E-state index in [1.807, 2.05) is 0 Å². The van der Waals surface area contributed by atoms with E-state index in [4.69, 9.17) is 4.74 Å². The molecule has 0 heterocycles. The number of alkyl carbamates (subject to hydrolysis) is 1. The topological polar surface area (TPSA) is 87.7 Å². The Bertz CT molecular complexity index is 529. The molecule has 0 spiro atoms. The first-order valence-electron chi connectivity index (χ1n) is 6.84. The lowest BCUT2D eigenvalue weighted by molar-refractivity contribution is -0.105. The number of hydrogen-bond acceptors (Lipinski definition) is 4. The third-order valence-corrected chi connectivity index (χ3v) is 2.67. The van der Waals surface area contributed by atoms with Crippen LogP contribution in [0.3, 0.4) is 0 Å². The smallest absolute Gasteiger partial charge is 0.407 e. The van der Waals surface area contributed by atoms with Gasteiger partial charge in [0.05, 0.1) is 18.3 Å². The van der Waals surface area contributed by atoms with Crippen molar-refractivity contribution >= 4 is 18.2 Å². The summed E-state index contributed by atoms with van der Waals surface area (Å²) in [6.07, 6.45) is -0.0292. The SMILES string of the molecule is CC(C)(C)OC(=O)N[C@H](CO)Cc1ccc(NC=O)c(F)c1. The van der Waals surface area contributed by atoms with Crippen LogP contribution in [0.25, 0.3) is 0 Å². The normalized spacial score (nSPS) is 12.4. The van der Waals surface area contributed by atoms with E-state index in [-0.39, 0.29) is 18.7 Å². The summed E-state index contributed by atoms with van der Waals surface area (Å²) in [5.41, 5.74) is 0.00156. The molecule has 3 N–H and O–H groups in total. The average molecular weight is 312 g/mol. The van der Waals surface area contributed by atoms with Crippen LogP contribution in [0, 0.1) is 5.82 Å². The van der Waals surface area contributed by atoms with Gasteiger partial charge in [0.25, 0.3) is 0 Å². The summed E-state index contributed by atoms with van der Waals surface area (Å²) in [6, 6.07) is 3.67. The van der Waals surface area contributed by atoms with E-state index < -0.39 is 23.6 Å². The predicted molar refractivity (Wildman–Crippen MR) is 80.0 cm³/mol. The fourth-order valence-corrected chi connectivity index (χ4v) is 1.79. The number of benzene rings is 1. The summed E-state index contributed by atoms with van der Waals surface area (Å²) in [6.45, 7) is 4.88. The van der Waals surface area contributed by atoms with E-state index in [2.05, 4.69) is 10.6 Å². The maximum Gasteiger partial charge on any atom is 0.407 e. The minimum absolute atomic E-state index is 0.0689. The minimum Gasteiger partial charge on any atom is -0.444 e. The van der Waals surface area contributed by atoms with Crippen LogP contribution in [0.1, 0.15) is 26.3 Å². The van der Waals surface area contributed by atoms with Crippen molar-refractivity contribution in [2.24, 2.45) is 0 Å². The van der Waals surface area contributed by atoms with E-state index in [0.717, 1.165) is 0 Å². The van der Waals surface area contributed by atoms with Gasteiger partial charge in [-0.15, -0.1) is 0 Å². The van der Waals surface area contributed by atoms with E-state index in [1.165, 1.54) is 12.1 Å². The summed E-state index contributed by atoms with van der Waals surface area (Å²) < 4.78 is 18.8. The van der Waals surface area contributed by atoms with Crippen LogP contribution < -0.4 is 10.6 Å². The molecule has 0 aliphatic heterocycles. The van der Waals surface area contributed by atoms with Crippen LogP contribution >= 0.6 is 0 Å². The Hall–Kier alpha value is -2.15. The molecule has 7 heteroatoms. The third-order valence-electron chi connectivity index (χ3n) is 2.67. The Balaban J connectivity index is 2.68. The number of carbonyl (C=O) groups excluding carboxylic acids is 2. The molecule has 6 nitrogen and oxygen atoms in total. The Labute approximate surface area is 128 Å². The van der Waals surface area contributed by atoms with Crippen molar-refractivity contribution in [2.75, 3.05) is 11.9 Å². The lowest BCUT2D eigenvalue weighted by Gasteiger charge is -2.22. The molecule has 0 saturated carbocycles. The van der Waals surface area contributed by atoms with Crippen molar-refractivity contribution in [3.05, 3.63) is 29.6 Å². The van der Waals surface area contributed by atoms with Crippen molar-refractivity contribution in [1.82, 2.24) is 5.32 Å². The third kappa shape index (κ3) is 6.09. The standard InChI is InChI=1S/C15H21FN2O4/c1-15(2,3)22-14(21)18-11(8-19)6-10-4-5-13(17-9-20)12(16)7-10/h4-5,7,9,11,19H,6,8H2,1-3H3,(H,17,20)(H,18,21)/t11-/m0/s1. The van der Waals surface area contributed by atoms with E-state index in [9.17, 15) is 19.1 Å². The zero-order valence-corrected chi connectivity index (χ0v) is 12.9. The molecule has 1 aromatic carbocycles. The lowest BCUT2D eigenvalue weighted by atomic mass is 10.1. The highest BCUT2D eigenvalue weighted by atomic mass is 19.1. The summed E-state index contributed by atoms with van der Waals surface area (Å²) in [7, 11) is 0. The molecule has 1 rings (SSSR count). The van der Waals surface area contributed by atoms with Crippen molar-refractivity contribution in [2.45, 2.75) is 38.8 Å². The largest absolute Gasteiger partial charge is 0.444 e. The number of halogens is 1.